The Kier molecular flexibility index (Phi) is 9.66. The van der Waals surface area contributed by atoms with Crippen molar-refractivity contribution in [1.82, 2.24) is 5.32 Å². The van der Waals surface area contributed by atoms with Gasteiger partial charge in [-0.05, 0) is 19.3 Å². The van der Waals surface area contributed by atoms with Crippen LogP contribution in [0.25, 0.3) is 0 Å². The average molecular weight is 243 g/mol. The highest BCUT2D eigenvalue weighted by atomic mass is 16.5. The van der Waals surface area contributed by atoms with Crippen LogP contribution in [-0.2, 0) is 9.47 Å². The summed E-state index contributed by atoms with van der Waals surface area (Å²) in [6, 6.07) is 0.650. The molecule has 3 nitrogen and oxygen atoms in total. The fourth-order valence-electron chi connectivity index (χ4n) is 2.15. The van der Waals surface area contributed by atoms with Gasteiger partial charge in [-0.2, -0.15) is 0 Å². The van der Waals surface area contributed by atoms with Gasteiger partial charge in [0.05, 0.1) is 6.61 Å². The van der Waals surface area contributed by atoms with Crippen LogP contribution in [0.15, 0.2) is 0 Å². The van der Waals surface area contributed by atoms with Gasteiger partial charge in [-0.25, -0.2) is 0 Å². The topological polar surface area (TPSA) is 30.5 Å². The maximum atomic E-state index is 5.61. The summed E-state index contributed by atoms with van der Waals surface area (Å²) in [4.78, 5) is 0. The van der Waals surface area contributed by atoms with Gasteiger partial charge in [-0.15, -0.1) is 0 Å². The normalized spacial score (nSPS) is 17.5. The summed E-state index contributed by atoms with van der Waals surface area (Å²) in [6.45, 7) is 6.84. The molecule has 0 aromatic rings. The first-order chi connectivity index (χ1) is 8.43. The van der Waals surface area contributed by atoms with Crippen LogP contribution < -0.4 is 5.32 Å². The number of hydrogen-bond acceptors (Lipinski definition) is 3. The van der Waals surface area contributed by atoms with E-state index in [-0.39, 0.29) is 0 Å². The number of rotatable bonds is 10. The van der Waals surface area contributed by atoms with E-state index in [1.54, 1.807) is 0 Å². The Morgan fingerprint density at radius 3 is 2.59 bits per heavy atom. The predicted octanol–water partition coefficient (Wildman–Crippen LogP) is 2.74. The molecule has 0 aliphatic carbocycles. The molecule has 0 aromatic carbocycles. The molecule has 0 radical (unpaired) electrons. The number of unbranched alkanes of at least 4 members (excludes halogenated alkanes) is 4. The molecule has 1 saturated heterocycles. The van der Waals surface area contributed by atoms with E-state index in [4.69, 9.17) is 9.47 Å². The molecule has 102 valence electrons. The van der Waals surface area contributed by atoms with Gasteiger partial charge in [0.1, 0.15) is 0 Å². The second-order valence-corrected chi connectivity index (χ2v) is 4.87. The third-order valence-corrected chi connectivity index (χ3v) is 3.29. The fourth-order valence-corrected chi connectivity index (χ4v) is 2.15. The van der Waals surface area contributed by atoms with Crippen molar-refractivity contribution in [2.75, 3.05) is 33.0 Å². The van der Waals surface area contributed by atoms with Crippen molar-refractivity contribution in [3.8, 4) is 0 Å². The number of ether oxygens (including phenoxy) is 2. The molecule has 0 atom stereocenters. The van der Waals surface area contributed by atoms with E-state index in [0.29, 0.717) is 6.04 Å². The minimum atomic E-state index is 0.650. The predicted molar refractivity (Wildman–Crippen MR) is 71.4 cm³/mol. The van der Waals surface area contributed by atoms with E-state index in [2.05, 4.69) is 12.2 Å². The molecule has 1 aliphatic rings. The monoisotopic (exact) mass is 243 g/mol. The standard InChI is InChI=1S/C14H29NO2/c1-2-3-4-5-6-10-16-13-9-15-14-7-11-17-12-8-14/h14-15H,2-13H2,1H3. The highest BCUT2D eigenvalue weighted by molar-refractivity contribution is 4.69. The third-order valence-electron chi connectivity index (χ3n) is 3.29. The molecular formula is C14H29NO2. The third kappa shape index (κ3) is 8.58. The molecular weight excluding hydrogens is 214 g/mol. The lowest BCUT2D eigenvalue weighted by atomic mass is 10.1. The van der Waals surface area contributed by atoms with Gasteiger partial charge in [-0.3, -0.25) is 0 Å². The van der Waals surface area contributed by atoms with Crippen LogP contribution in [0.3, 0.4) is 0 Å². The van der Waals surface area contributed by atoms with Gasteiger partial charge in [-0.1, -0.05) is 32.6 Å². The molecule has 1 fully saturated rings. The Morgan fingerprint density at radius 2 is 1.82 bits per heavy atom. The summed E-state index contributed by atoms with van der Waals surface area (Å²) in [6.07, 6.45) is 8.88. The lowest BCUT2D eigenvalue weighted by molar-refractivity contribution is 0.0727. The Balaban J connectivity index is 1.75. The van der Waals surface area contributed by atoms with Crippen LogP contribution in [0.5, 0.6) is 0 Å². The molecule has 1 aliphatic heterocycles. The molecule has 17 heavy (non-hydrogen) atoms. The van der Waals surface area contributed by atoms with E-state index >= 15 is 0 Å². The summed E-state index contributed by atoms with van der Waals surface area (Å²) in [5.74, 6) is 0. The summed E-state index contributed by atoms with van der Waals surface area (Å²) < 4.78 is 10.9. The van der Waals surface area contributed by atoms with Gasteiger partial charge in [0.15, 0.2) is 0 Å². The second kappa shape index (κ2) is 11.0. The molecule has 1 rings (SSSR count). The lowest BCUT2D eigenvalue weighted by Gasteiger charge is -2.23. The molecule has 0 saturated carbocycles. The molecule has 0 aromatic heterocycles. The Bertz CT molecular complexity index is 158. The van der Waals surface area contributed by atoms with Crippen molar-refractivity contribution in [1.29, 1.82) is 0 Å². The summed E-state index contributed by atoms with van der Waals surface area (Å²) in [5.41, 5.74) is 0. The van der Waals surface area contributed by atoms with Crippen LogP contribution in [0.2, 0.25) is 0 Å². The quantitative estimate of drug-likeness (QED) is 0.598. The van der Waals surface area contributed by atoms with Crippen molar-refractivity contribution in [3.05, 3.63) is 0 Å². The largest absolute Gasteiger partial charge is 0.381 e. The Labute approximate surface area is 106 Å². The summed E-state index contributed by atoms with van der Waals surface area (Å²) in [7, 11) is 0. The maximum absolute atomic E-state index is 5.61. The highest BCUT2D eigenvalue weighted by Crippen LogP contribution is 2.05. The zero-order valence-electron chi connectivity index (χ0n) is 11.4. The van der Waals surface area contributed by atoms with Gasteiger partial charge in [0, 0.05) is 32.4 Å². The van der Waals surface area contributed by atoms with Crippen molar-refractivity contribution >= 4 is 0 Å². The van der Waals surface area contributed by atoms with Crippen molar-refractivity contribution < 1.29 is 9.47 Å². The number of hydrogen-bond donors (Lipinski definition) is 1. The minimum Gasteiger partial charge on any atom is -0.381 e. The molecule has 0 unspecified atom stereocenters. The average Bonchev–Trinajstić information content (AvgIpc) is 2.38. The summed E-state index contributed by atoms with van der Waals surface area (Å²) in [5, 5.41) is 3.53. The van der Waals surface area contributed by atoms with E-state index in [9.17, 15) is 0 Å². The second-order valence-electron chi connectivity index (χ2n) is 4.87. The van der Waals surface area contributed by atoms with Crippen molar-refractivity contribution in [2.45, 2.75) is 57.9 Å². The first-order valence-corrected chi connectivity index (χ1v) is 7.32. The zero-order valence-corrected chi connectivity index (χ0v) is 11.4. The van der Waals surface area contributed by atoms with Crippen molar-refractivity contribution in [2.24, 2.45) is 0 Å². The van der Waals surface area contributed by atoms with Gasteiger partial charge in [0.2, 0.25) is 0 Å². The minimum absolute atomic E-state index is 0.650. The van der Waals surface area contributed by atoms with E-state index < -0.39 is 0 Å². The Hall–Kier alpha value is -0.120. The SMILES string of the molecule is CCCCCCCOCCNC1CCOCC1. The Morgan fingerprint density at radius 1 is 1.06 bits per heavy atom. The molecule has 1 N–H and O–H groups in total. The fraction of sp³-hybridized carbons (Fsp3) is 1.00. The van der Waals surface area contributed by atoms with Gasteiger partial charge >= 0.3 is 0 Å². The van der Waals surface area contributed by atoms with Crippen molar-refractivity contribution in [3.63, 3.8) is 0 Å². The summed E-state index contributed by atoms with van der Waals surface area (Å²) >= 11 is 0. The van der Waals surface area contributed by atoms with E-state index in [1.165, 1.54) is 32.1 Å². The van der Waals surface area contributed by atoms with Crippen LogP contribution in [0, 0.1) is 0 Å². The molecule has 0 amide bonds. The van der Waals surface area contributed by atoms with Crippen LogP contribution in [0.1, 0.15) is 51.9 Å². The first-order valence-electron chi connectivity index (χ1n) is 7.32. The highest BCUT2D eigenvalue weighted by Gasteiger charge is 2.11. The van der Waals surface area contributed by atoms with Gasteiger partial charge < -0.3 is 14.8 Å². The lowest BCUT2D eigenvalue weighted by Crippen LogP contribution is -2.36. The van der Waals surface area contributed by atoms with Crippen LogP contribution >= 0.6 is 0 Å². The number of nitrogens with one attached hydrogen (secondary N) is 1. The maximum Gasteiger partial charge on any atom is 0.0591 e. The van der Waals surface area contributed by atoms with E-state index in [1.807, 2.05) is 0 Å². The first kappa shape index (κ1) is 14.9. The molecule has 3 heteroatoms. The molecule has 0 spiro atoms. The zero-order chi connectivity index (χ0) is 12.2. The van der Waals surface area contributed by atoms with Crippen LogP contribution in [-0.4, -0.2) is 39.0 Å². The van der Waals surface area contributed by atoms with Gasteiger partial charge in [0.25, 0.3) is 0 Å². The van der Waals surface area contributed by atoms with E-state index in [0.717, 1.165) is 45.8 Å². The smallest absolute Gasteiger partial charge is 0.0591 e. The van der Waals surface area contributed by atoms with Crippen LogP contribution in [0.4, 0.5) is 0 Å². The molecule has 1 heterocycles. The molecule has 0 bridgehead atoms.